The number of aryl methyl sites for hydroxylation is 1. The largest absolute Gasteiger partial charge is 0.491 e. The van der Waals surface area contributed by atoms with Gasteiger partial charge in [0, 0.05) is 18.1 Å². The summed E-state index contributed by atoms with van der Waals surface area (Å²) < 4.78 is 46.8. The van der Waals surface area contributed by atoms with Crippen LogP contribution in [0.15, 0.2) is 24.3 Å². The molecule has 2 aromatic rings. The summed E-state index contributed by atoms with van der Waals surface area (Å²) in [6, 6.07) is 4.52. The van der Waals surface area contributed by atoms with Gasteiger partial charge in [0.1, 0.15) is 24.3 Å². The number of benzene rings is 1. The molecule has 0 aliphatic carbocycles. The molecule has 0 bridgehead atoms. The molecule has 1 atom stereocenters. The number of aliphatic hydroxyl groups is 1. The van der Waals surface area contributed by atoms with Gasteiger partial charge in [-0.25, -0.2) is 4.98 Å². The molecule has 9 heteroatoms. The van der Waals surface area contributed by atoms with E-state index in [1.165, 1.54) is 12.1 Å². The van der Waals surface area contributed by atoms with Crippen molar-refractivity contribution in [3.05, 3.63) is 35.7 Å². The van der Waals surface area contributed by atoms with Crippen molar-refractivity contribution in [1.29, 1.82) is 0 Å². The Morgan fingerprint density at radius 1 is 1.41 bits per heavy atom. The summed E-state index contributed by atoms with van der Waals surface area (Å²) in [6.45, 7) is 1.77. The van der Waals surface area contributed by atoms with Crippen LogP contribution in [-0.2, 0) is 6.18 Å². The van der Waals surface area contributed by atoms with Crippen LogP contribution in [0.3, 0.4) is 0 Å². The van der Waals surface area contributed by atoms with Crippen molar-refractivity contribution in [2.24, 2.45) is 0 Å². The number of nitrogens with one attached hydrogen (secondary N) is 1. The summed E-state index contributed by atoms with van der Waals surface area (Å²) in [4.78, 5) is 4.06. The Kier molecular flexibility index (Phi) is 5.19. The minimum absolute atomic E-state index is 0.0561. The predicted octanol–water partition coefficient (Wildman–Crippen LogP) is 2.72. The number of hydrogen-bond donors (Lipinski definition) is 2. The first-order valence-electron chi connectivity index (χ1n) is 6.37. The quantitative estimate of drug-likeness (QED) is 0.851. The highest BCUT2D eigenvalue weighted by Gasteiger charge is 2.30. The van der Waals surface area contributed by atoms with Crippen molar-refractivity contribution in [3.8, 4) is 5.75 Å². The summed E-state index contributed by atoms with van der Waals surface area (Å²) in [5, 5.41) is 13.2. The van der Waals surface area contributed by atoms with Crippen LogP contribution < -0.4 is 10.1 Å². The molecule has 1 aromatic carbocycles. The Morgan fingerprint density at radius 2 is 2.18 bits per heavy atom. The van der Waals surface area contributed by atoms with Crippen LogP contribution in [0.25, 0.3) is 0 Å². The van der Waals surface area contributed by atoms with Gasteiger partial charge in [0.25, 0.3) is 0 Å². The molecule has 2 rings (SSSR count). The molecule has 120 valence electrons. The molecule has 1 heterocycles. The van der Waals surface area contributed by atoms with Crippen molar-refractivity contribution in [3.63, 3.8) is 0 Å². The van der Waals surface area contributed by atoms with E-state index >= 15 is 0 Å². The smallest absolute Gasteiger partial charge is 0.416 e. The lowest BCUT2D eigenvalue weighted by atomic mass is 10.2. The van der Waals surface area contributed by atoms with E-state index in [2.05, 4.69) is 14.7 Å². The van der Waals surface area contributed by atoms with E-state index in [9.17, 15) is 18.3 Å². The van der Waals surface area contributed by atoms with Crippen molar-refractivity contribution in [2.75, 3.05) is 18.5 Å². The molecule has 0 aliphatic rings. The summed E-state index contributed by atoms with van der Waals surface area (Å²) in [5.74, 6) is 0.683. The molecule has 0 saturated heterocycles. The first kappa shape index (κ1) is 16.5. The standard InChI is InChI=1S/C13H14F3N3O2S/c1-8-18-12(22-19-8)17-6-10(20)7-21-11-4-2-3-9(5-11)13(14,15)16/h2-5,10,20H,6-7H2,1H3,(H,17,18,19)/t10-/m1/s1. The second-order valence-corrected chi connectivity index (χ2v) is 5.27. The molecule has 1 aromatic heterocycles. The van der Waals surface area contributed by atoms with Crippen molar-refractivity contribution in [2.45, 2.75) is 19.2 Å². The van der Waals surface area contributed by atoms with Gasteiger partial charge in [-0.3, -0.25) is 0 Å². The Morgan fingerprint density at radius 3 is 2.82 bits per heavy atom. The predicted molar refractivity (Wildman–Crippen MR) is 76.1 cm³/mol. The zero-order valence-corrected chi connectivity index (χ0v) is 12.4. The Bertz CT molecular complexity index is 619. The van der Waals surface area contributed by atoms with Gasteiger partial charge in [-0.1, -0.05) is 6.07 Å². The fraction of sp³-hybridized carbons (Fsp3) is 0.385. The maximum atomic E-state index is 12.6. The third kappa shape index (κ3) is 4.85. The van der Waals surface area contributed by atoms with E-state index in [0.717, 1.165) is 23.7 Å². The zero-order chi connectivity index (χ0) is 16.2. The van der Waals surface area contributed by atoms with Crippen molar-refractivity contribution in [1.82, 2.24) is 9.36 Å². The molecule has 0 amide bonds. The molecular formula is C13H14F3N3O2S. The molecule has 0 unspecified atom stereocenters. The second-order valence-electron chi connectivity index (χ2n) is 4.52. The molecule has 0 saturated carbocycles. The van der Waals surface area contributed by atoms with E-state index in [4.69, 9.17) is 4.74 Å². The van der Waals surface area contributed by atoms with Crippen LogP contribution >= 0.6 is 11.5 Å². The maximum Gasteiger partial charge on any atom is 0.416 e. The van der Waals surface area contributed by atoms with E-state index in [0.29, 0.717) is 11.0 Å². The van der Waals surface area contributed by atoms with Crippen LogP contribution in [0.5, 0.6) is 5.75 Å². The SMILES string of the molecule is Cc1nsc(NC[C@@H](O)COc2cccc(C(F)(F)F)c2)n1. The minimum atomic E-state index is -4.42. The van der Waals surface area contributed by atoms with Crippen LogP contribution in [0.1, 0.15) is 11.4 Å². The number of nitrogens with zero attached hydrogens (tertiary/aromatic N) is 2. The Balaban J connectivity index is 1.82. The number of alkyl halides is 3. The van der Waals surface area contributed by atoms with Crippen LogP contribution in [0, 0.1) is 6.92 Å². The first-order valence-corrected chi connectivity index (χ1v) is 7.14. The maximum absolute atomic E-state index is 12.6. The molecule has 2 N–H and O–H groups in total. The monoisotopic (exact) mass is 333 g/mol. The summed E-state index contributed by atoms with van der Waals surface area (Å²) in [7, 11) is 0. The number of anilines is 1. The van der Waals surface area contributed by atoms with Gasteiger partial charge in [0.05, 0.1) is 5.56 Å². The minimum Gasteiger partial charge on any atom is -0.491 e. The zero-order valence-electron chi connectivity index (χ0n) is 11.6. The van der Waals surface area contributed by atoms with Crippen LogP contribution in [-0.4, -0.2) is 33.7 Å². The van der Waals surface area contributed by atoms with Gasteiger partial charge >= 0.3 is 6.18 Å². The van der Waals surface area contributed by atoms with E-state index in [1.54, 1.807) is 6.92 Å². The lowest BCUT2D eigenvalue weighted by Gasteiger charge is -2.14. The van der Waals surface area contributed by atoms with Crippen molar-refractivity contribution >= 4 is 16.7 Å². The Labute approximate surface area is 128 Å². The molecule has 0 aliphatic heterocycles. The van der Waals surface area contributed by atoms with Crippen LogP contribution in [0.2, 0.25) is 0 Å². The van der Waals surface area contributed by atoms with Gasteiger partial charge in [-0.15, -0.1) is 0 Å². The Hall–Kier alpha value is -1.87. The highest BCUT2D eigenvalue weighted by molar-refractivity contribution is 7.09. The first-order chi connectivity index (χ1) is 10.3. The molecule has 22 heavy (non-hydrogen) atoms. The lowest BCUT2D eigenvalue weighted by molar-refractivity contribution is -0.137. The summed E-state index contributed by atoms with van der Waals surface area (Å²) in [5.41, 5.74) is -0.790. The van der Waals surface area contributed by atoms with Gasteiger partial charge in [0.2, 0.25) is 5.13 Å². The topological polar surface area (TPSA) is 67.3 Å². The third-order valence-electron chi connectivity index (χ3n) is 2.62. The second kappa shape index (κ2) is 6.93. The normalized spacial score (nSPS) is 13.0. The fourth-order valence-electron chi connectivity index (χ4n) is 1.59. The van der Waals surface area contributed by atoms with Gasteiger partial charge in [0.15, 0.2) is 0 Å². The molecule has 0 radical (unpaired) electrons. The van der Waals surface area contributed by atoms with E-state index < -0.39 is 17.8 Å². The van der Waals surface area contributed by atoms with Gasteiger partial charge < -0.3 is 15.2 Å². The molecule has 0 fully saturated rings. The average Bonchev–Trinajstić information content (AvgIpc) is 2.88. The number of halogens is 3. The lowest BCUT2D eigenvalue weighted by Crippen LogP contribution is -2.26. The van der Waals surface area contributed by atoms with Crippen molar-refractivity contribution < 1.29 is 23.0 Å². The third-order valence-corrected chi connectivity index (χ3v) is 3.38. The molecule has 0 spiro atoms. The van der Waals surface area contributed by atoms with Gasteiger partial charge in [-0.05, 0) is 25.1 Å². The van der Waals surface area contributed by atoms with E-state index in [-0.39, 0.29) is 18.9 Å². The summed E-state index contributed by atoms with van der Waals surface area (Å²) >= 11 is 1.16. The average molecular weight is 333 g/mol. The van der Waals surface area contributed by atoms with E-state index in [1.807, 2.05) is 0 Å². The number of rotatable bonds is 6. The number of aliphatic hydroxyl groups excluding tert-OH is 1. The van der Waals surface area contributed by atoms with Gasteiger partial charge in [-0.2, -0.15) is 17.5 Å². The fourth-order valence-corrected chi connectivity index (χ4v) is 2.17. The van der Waals surface area contributed by atoms with Crippen LogP contribution in [0.4, 0.5) is 18.3 Å². The molecule has 5 nitrogen and oxygen atoms in total. The number of hydrogen-bond acceptors (Lipinski definition) is 6. The highest BCUT2D eigenvalue weighted by atomic mass is 32.1. The molecular weight excluding hydrogens is 319 g/mol. The number of aromatic nitrogens is 2. The highest BCUT2D eigenvalue weighted by Crippen LogP contribution is 2.31. The summed E-state index contributed by atoms with van der Waals surface area (Å²) in [6.07, 6.45) is -5.31. The number of ether oxygens (including phenoxy) is 1.